The minimum absolute atomic E-state index is 0.865. The molecule has 0 radical (unpaired) electrons. The Bertz CT molecular complexity index is 389. The summed E-state index contributed by atoms with van der Waals surface area (Å²) in [6.45, 7) is 5.98. The standard InChI is InChI=1S/C15H24N2O/c1-3-7-15-14(12(2)18-17-15)11-16-10-13-8-5-4-6-9-13/h3,7,13,16H,4-6,8-11H2,1-2H3/b7-3+. The number of aryl methyl sites for hydroxylation is 1. The summed E-state index contributed by atoms with van der Waals surface area (Å²) in [7, 11) is 0. The van der Waals surface area contributed by atoms with E-state index in [1.807, 2.05) is 26.0 Å². The number of hydrogen-bond acceptors (Lipinski definition) is 3. The fourth-order valence-corrected chi connectivity index (χ4v) is 2.70. The zero-order valence-electron chi connectivity index (χ0n) is 11.5. The first kappa shape index (κ1) is 13.3. The molecular formula is C15H24N2O. The lowest BCUT2D eigenvalue weighted by Crippen LogP contribution is -2.24. The fraction of sp³-hybridized carbons (Fsp3) is 0.667. The Labute approximate surface area is 110 Å². The van der Waals surface area contributed by atoms with Gasteiger partial charge < -0.3 is 9.84 Å². The molecule has 1 aromatic heterocycles. The number of nitrogens with one attached hydrogen (secondary N) is 1. The fourth-order valence-electron chi connectivity index (χ4n) is 2.70. The smallest absolute Gasteiger partial charge is 0.138 e. The summed E-state index contributed by atoms with van der Waals surface area (Å²) in [5.74, 6) is 1.79. The van der Waals surface area contributed by atoms with Crippen LogP contribution in [0.25, 0.3) is 6.08 Å². The van der Waals surface area contributed by atoms with Gasteiger partial charge in [-0.15, -0.1) is 0 Å². The van der Waals surface area contributed by atoms with E-state index in [0.29, 0.717) is 0 Å². The van der Waals surface area contributed by atoms with E-state index >= 15 is 0 Å². The molecule has 1 saturated carbocycles. The van der Waals surface area contributed by atoms with Gasteiger partial charge in [0.05, 0.1) is 0 Å². The summed E-state index contributed by atoms with van der Waals surface area (Å²) in [6.07, 6.45) is 11.0. The third-order valence-electron chi connectivity index (χ3n) is 3.80. The molecule has 0 spiro atoms. The van der Waals surface area contributed by atoms with E-state index in [9.17, 15) is 0 Å². The third kappa shape index (κ3) is 3.45. The number of aromatic nitrogens is 1. The quantitative estimate of drug-likeness (QED) is 0.863. The minimum atomic E-state index is 0.865. The Balaban J connectivity index is 1.83. The lowest BCUT2D eigenvalue weighted by atomic mass is 9.89. The van der Waals surface area contributed by atoms with Gasteiger partial charge in [0.15, 0.2) is 0 Å². The van der Waals surface area contributed by atoms with Crippen LogP contribution in [-0.2, 0) is 6.54 Å². The molecule has 1 aliphatic carbocycles. The molecule has 0 saturated heterocycles. The molecule has 0 aliphatic heterocycles. The van der Waals surface area contributed by atoms with Gasteiger partial charge in [0.2, 0.25) is 0 Å². The highest BCUT2D eigenvalue weighted by atomic mass is 16.5. The van der Waals surface area contributed by atoms with Gasteiger partial charge in [-0.25, -0.2) is 0 Å². The van der Waals surface area contributed by atoms with Crippen LogP contribution in [0.5, 0.6) is 0 Å². The molecule has 0 atom stereocenters. The second-order valence-electron chi connectivity index (χ2n) is 5.24. The monoisotopic (exact) mass is 248 g/mol. The third-order valence-corrected chi connectivity index (χ3v) is 3.80. The Morgan fingerprint density at radius 3 is 2.83 bits per heavy atom. The SMILES string of the molecule is C/C=C/c1noc(C)c1CNCC1CCCCC1. The second kappa shape index (κ2) is 6.74. The van der Waals surface area contributed by atoms with Crippen molar-refractivity contribution in [3.05, 3.63) is 23.1 Å². The zero-order valence-corrected chi connectivity index (χ0v) is 11.5. The summed E-state index contributed by atoms with van der Waals surface area (Å²) < 4.78 is 5.25. The van der Waals surface area contributed by atoms with Gasteiger partial charge in [0.25, 0.3) is 0 Å². The van der Waals surface area contributed by atoms with E-state index in [0.717, 1.165) is 30.5 Å². The first-order chi connectivity index (χ1) is 8.81. The summed E-state index contributed by atoms with van der Waals surface area (Å²) in [5, 5.41) is 7.63. The van der Waals surface area contributed by atoms with Crippen molar-refractivity contribution in [1.29, 1.82) is 0 Å². The molecule has 3 nitrogen and oxygen atoms in total. The molecule has 1 fully saturated rings. The normalized spacial score (nSPS) is 17.7. The Morgan fingerprint density at radius 2 is 2.11 bits per heavy atom. The predicted octanol–water partition coefficient (Wildman–Crippen LogP) is 3.69. The topological polar surface area (TPSA) is 38.1 Å². The molecule has 1 heterocycles. The molecular weight excluding hydrogens is 224 g/mol. The van der Waals surface area contributed by atoms with Crippen LogP contribution in [0.4, 0.5) is 0 Å². The van der Waals surface area contributed by atoms with Crippen LogP contribution in [0, 0.1) is 12.8 Å². The molecule has 100 valence electrons. The summed E-state index contributed by atoms with van der Waals surface area (Å²) >= 11 is 0. The lowest BCUT2D eigenvalue weighted by molar-refractivity contribution is 0.341. The maximum Gasteiger partial charge on any atom is 0.138 e. The van der Waals surface area contributed by atoms with Crippen LogP contribution in [0.3, 0.4) is 0 Å². The maximum atomic E-state index is 5.25. The summed E-state index contributed by atoms with van der Waals surface area (Å²) in [6, 6.07) is 0. The lowest BCUT2D eigenvalue weighted by Gasteiger charge is -2.21. The summed E-state index contributed by atoms with van der Waals surface area (Å²) in [4.78, 5) is 0. The van der Waals surface area contributed by atoms with Crippen LogP contribution >= 0.6 is 0 Å². The average Bonchev–Trinajstić information content (AvgIpc) is 2.73. The van der Waals surface area contributed by atoms with E-state index in [1.54, 1.807) is 0 Å². The van der Waals surface area contributed by atoms with Crippen molar-refractivity contribution in [2.45, 2.75) is 52.5 Å². The van der Waals surface area contributed by atoms with Crippen molar-refractivity contribution in [1.82, 2.24) is 10.5 Å². The van der Waals surface area contributed by atoms with Gasteiger partial charge in [-0.3, -0.25) is 0 Å². The molecule has 1 aliphatic rings. The van der Waals surface area contributed by atoms with Crippen molar-refractivity contribution in [2.75, 3.05) is 6.54 Å². The Hall–Kier alpha value is -1.09. The van der Waals surface area contributed by atoms with Crippen LogP contribution in [0.2, 0.25) is 0 Å². The van der Waals surface area contributed by atoms with Crippen LogP contribution in [0.1, 0.15) is 56.0 Å². The van der Waals surface area contributed by atoms with Gasteiger partial charge >= 0.3 is 0 Å². The molecule has 0 bridgehead atoms. The van der Waals surface area contributed by atoms with Gasteiger partial charge in [-0.2, -0.15) is 0 Å². The molecule has 0 unspecified atom stereocenters. The largest absolute Gasteiger partial charge is 0.361 e. The minimum Gasteiger partial charge on any atom is -0.361 e. The number of hydrogen-bond donors (Lipinski definition) is 1. The zero-order chi connectivity index (χ0) is 12.8. The molecule has 0 amide bonds. The van der Waals surface area contributed by atoms with Crippen molar-refractivity contribution in [3.63, 3.8) is 0 Å². The van der Waals surface area contributed by atoms with E-state index in [4.69, 9.17) is 4.52 Å². The average molecular weight is 248 g/mol. The molecule has 18 heavy (non-hydrogen) atoms. The number of rotatable bonds is 5. The van der Waals surface area contributed by atoms with Gasteiger partial charge in [-0.05, 0) is 45.2 Å². The highest BCUT2D eigenvalue weighted by molar-refractivity contribution is 5.49. The van der Waals surface area contributed by atoms with E-state index in [-0.39, 0.29) is 0 Å². The van der Waals surface area contributed by atoms with Crippen molar-refractivity contribution >= 4 is 6.08 Å². The van der Waals surface area contributed by atoms with Crippen molar-refractivity contribution in [2.24, 2.45) is 5.92 Å². The Morgan fingerprint density at radius 1 is 1.33 bits per heavy atom. The van der Waals surface area contributed by atoms with Crippen LogP contribution in [0.15, 0.2) is 10.6 Å². The van der Waals surface area contributed by atoms with E-state index in [1.165, 1.54) is 37.7 Å². The maximum absolute atomic E-state index is 5.25. The van der Waals surface area contributed by atoms with Crippen LogP contribution < -0.4 is 5.32 Å². The number of nitrogens with zero attached hydrogens (tertiary/aromatic N) is 1. The Kier molecular flexibility index (Phi) is 5.00. The molecule has 1 N–H and O–H groups in total. The van der Waals surface area contributed by atoms with Crippen molar-refractivity contribution < 1.29 is 4.52 Å². The first-order valence-corrected chi connectivity index (χ1v) is 7.10. The van der Waals surface area contributed by atoms with Crippen LogP contribution in [-0.4, -0.2) is 11.7 Å². The van der Waals surface area contributed by atoms with Crippen molar-refractivity contribution in [3.8, 4) is 0 Å². The molecule has 1 aromatic rings. The number of allylic oxidation sites excluding steroid dienone is 1. The highest BCUT2D eigenvalue weighted by Crippen LogP contribution is 2.23. The highest BCUT2D eigenvalue weighted by Gasteiger charge is 2.14. The van der Waals surface area contributed by atoms with E-state index < -0.39 is 0 Å². The molecule has 3 heteroatoms. The van der Waals surface area contributed by atoms with E-state index in [2.05, 4.69) is 10.5 Å². The van der Waals surface area contributed by atoms with Gasteiger partial charge in [0.1, 0.15) is 11.5 Å². The van der Waals surface area contributed by atoms with Gasteiger partial charge in [-0.1, -0.05) is 30.5 Å². The second-order valence-corrected chi connectivity index (χ2v) is 5.24. The van der Waals surface area contributed by atoms with Gasteiger partial charge in [0, 0.05) is 12.1 Å². The molecule has 0 aromatic carbocycles. The molecule has 2 rings (SSSR count). The first-order valence-electron chi connectivity index (χ1n) is 7.10. The predicted molar refractivity (Wildman–Crippen MR) is 74.2 cm³/mol. The summed E-state index contributed by atoms with van der Waals surface area (Å²) in [5.41, 5.74) is 2.16.